The Kier molecular flexibility index (Phi) is 5.18. The summed E-state index contributed by atoms with van der Waals surface area (Å²) in [4.78, 5) is 0. The standard InChI is InChI=1S/C11H15F2NOS/c1-7(5-15)16-6-11(14)9-3-2-8(12)4-10(9)13/h2-4,7,11,15H,5-6,14H2,1H3. The Morgan fingerprint density at radius 2 is 2.12 bits per heavy atom. The highest BCUT2D eigenvalue weighted by molar-refractivity contribution is 7.99. The van der Waals surface area contributed by atoms with Gasteiger partial charge in [-0.2, -0.15) is 11.8 Å². The van der Waals surface area contributed by atoms with Gasteiger partial charge in [0.25, 0.3) is 0 Å². The van der Waals surface area contributed by atoms with Gasteiger partial charge in [-0.25, -0.2) is 8.78 Å². The summed E-state index contributed by atoms with van der Waals surface area (Å²) in [6.45, 7) is 1.92. The molecule has 0 aliphatic rings. The predicted octanol–water partition coefficient (Wildman–Crippen LogP) is 2.08. The zero-order valence-electron chi connectivity index (χ0n) is 8.99. The van der Waals surface area contributed by atoms with Crippen LogP contribution in [-0.2, 0) is 0 Å². The maximum Gasteiger partial charge on any atom is 0.130 e. The van der Waals surface area contributed by atoms with Crippen molar-refractivity contribution in [1.82, 2.24) is 0 Å². The SMILES string of the molecule is CC(CO)SCC(N)c1ccc(F)cc1F. The predicted molar refractivity (Wildman–Crippen MR) is 62.3 cm³/mol. The molecule has 16 heavy (non-hydrogen) atoms. The molecular weight excluding hydrogens is 232 g/mol. The Balaban J connectivity index is 2.62. The Hall–Kier alpha value is -0.650. The molecule has 90 valence electrons. The molecule has 0 amide bonds. The van der Waals surface area contributed by atoms with Crippen LogP contribution in [0.2, 0.25) is 0 Å². The lowest BCUT2D eigenvalue weighted by Crippen LogP contribution is -2.17. The van der Waals surface area contributed by atoms with E-state index in [4.69, 9.17) is 10.8 Å². The first-order valence-electron chi connectivity index (χ1n) is 4.97. The van der Waals surface area contributed by atoms with E-state index in [1.54, 1.807) is 0 Å². The smallest absolute Gasteiger partial charge is 0.130 e. The molecule has 0 saturated carbocycles. The molecule has 5 heteroatoms. The van der Waals surface area contributed by atoms with Gasteiger partial charge in [0, 0.05) is 28.7 Å². The maximum atomic E-state index is 13.3. The van der Waals surface area contributed by atoms with Crippen LogP contribution in [-0.4, -0.2) is 22.7 Å². The van der Waals surface area contributed by atoms with Crippen LogP contribution >= 0.6 is 11.8 Å². The zero-order valence-corrected chi connectivity index (χ0v) is 9.81. The quantitative estimate of drug-likeness (QED) is 0.837. The van der Waals surface area contributed by atoms with Crippen molar-refractivity contribution in [3.63, 3.8) is 0 Å². The summed E-state index contributed by atoms with van der Waals surface area (Å²) in [5.41, 5.74) is 6.09. The largest absolute Gasteiger partial charge is 0.395 e. The van der Waals surface area contributed by atoms with Gasteiger partial charge in [0.05, 0.1) is 6.61 Å². The average Bonchev–Trinajstić information content (AvgIpc) is 2.25. The molecule has 0 radical (unpaired) electrons. The number of hydrogen-bond donors (Lipinski definition) is 2. The fourth-order valence-electron chi connectivity index (χ4n) is 1.21. The van der Waals surface area contributed by atoms with Crippen LogP contribution in [0.4, 0.5) is 8.78 Å². The molecule has 3 N–H and O–H groups in total. The van der Waals surface area contributed by atoms with Gasteiger partial charge in [0.15, 0.2) is 0 Å². The first-order valence-corrected chi connectivity index (χ1v) is 6.02. The van der Waals surface area contributed by atoms with E-state index < -0.39 is 17.7 Å². The van der Waals surface area contributed by atoms with Crippen molar-refractivity contribution in [2.45, 2.75) is 18.2 Å². The van der Waals surface area contributed by atoms with Crippen molar-refractivity contribution >= 4 is 11.8 Å². The summed E-state index contributed by atoms with van der Waals surface area (Å²) >= 11 is 1.46. The number of nitrogens with two attached hydrogens (primary N) is 1. The second-order valence-electron chi connectivity index (χ2n) is 3.60. The number of benzene rings is 1. The van der Waals surface area contributed by atoms with E-state index in [0.29, 0.717) is 11.3 Å². The Bertz CT molecular complexity index is 349. The van der Waals surface area contributed by atoms with Gasteiger partial charge in [-0.05, 0) is 6.07 Å². The van der Waals surface area contributed by atoms with Crippen molar-refractivity contribution in [3.05, 3.63) is 35.4 Å². The van der Waals surface area contributed by atoms with E-state index in [1.807, 2.05) is 6.92 Å². The number of thioether (sulfide) groups is 1. The molecule has 0 aliphatic heterocycles. The van der Waals surface area contributed by atoms with Crippen molar-refractivity contribution < 1.29 is 13.9 Å². The number of halogens is 2. The van der Waals surface area contributed by atoms with E-state index in [9.17, 15) is 8.78 Å². The topological polar surface area (TPSA) is 46.2 Å². The van der Waals surface area contributed by atoms with Crippen molar-refractivity contribution in [3.8, 4) is 0 Å². The molecule has 0 spiro atoms. The minimum Gasteiger partial charge on any atom is -0.395 e. The molecule has 1 aromatic carbocycles. The van der Waals surface area contributed by atoms with Gasteiger partial charge in [0.2, 0.25) is 0 Å². The van der Waals surface area contributed by atoms with Crippen LogP contribution in [0.25, 0.3) is 0 Å². The molecule has 1 rings (SSSR count). The summed E-state index contributed by atoms with van der Waals surface area (Å²) in [5.74, 6) is -0.737. The van der Waals surface area contributed by atoms with E-state index >= 15 is 0 Å². The highest BCUT2D eigenvalue weighted by Crippen LogP contribution is 2.22. The average molecular weight is 247 g/mol. The third-order valence-corrected chi connectivity index (χ3v) is 3.45. The molecule has 2 atom stereocenters. The third-order valence-electron chi connectivity index (χ3n) is 2.18. The van der Waals surface area contributed by atoms with Gasteiger partial charge in [-0.15, -0.1) is 0 Å². The van der Waals surface area contributed by atoms with Gasteiger partial charge < -0.3 is 10.8 Å². The monoisotopic (exact) mass is 247 g/mol. The molecular formula is C11H15F2NOS. The van der Waals surface area contributed by atoms with Crippen LogP contribution in [0.3, 0.4) is 0 Å². The van der Waals surface area contributed by atoms with Gasteiger partial charge in [-0.3, -0.25) is 0 Å². The Morgan fingerprint density at radius 1 is 1.44 bits per heavy atom. The number of rotatable bonds is 5. The summed E-state index contributed by atoms with van der Waals surface area (Å²) in [7, 11) is 0. The minimum absolute atomic E-state index is 0.0588. The lowest BCUT2D eigenvalue weighted by Gasteiger charge is -2.15. The fourth-order valence-corrected chi connectivity index (χ4v) is 2.03. The third kappa shape index (κ3) is 3.73. The van der Waals surface area contributed by atoms with Crippen LogP contribution in [0.5, 0.6) is 0 Å². The van der Waals surface area contributed by atoms with Gasteiger partial charge in [0.1, 0.15) is 11.6 Å². The van der Waals surface area contributed by atoms with Crippen LogP contribution in [0.15, 0.2) is 18.2 Å². The molecule has 0 aliphatic carbocycles. The van der Waals surface area contributed by atoms with E-state index in [-0.39, 0.29) is 11.9 Å². The molecule has 0 aromatic heterocycles. The summed E-state index contributed by atoms with van der Waals surface area (Å²) in [6, 6.07) is 2.90. The normalized spacial score (nSPS) is 14.8. The highest BCUT2D eigenvalue weighted by atomic mass is 32.2. The van der Waals surface area contributed by atoms with Crippen molar-refractivity contribution in [2.75, 3.05) is 12.4 Å². The van der Waals surface area contributed by atoms with Crippen LogP contribution < -0.4 is 5.73 Å². The molecule has 0 bridgehead atoms. The second-order valence-corrected chi connectivity index (χ2v) is 5.07. The molecule has 0 fully saturated rings. The second kappa shape index (κ2) is 6.18. The van der Waals surface area contributed by atoms with E-state index in [1.165, 1.54) is 23.9 Å². The van der Waals surface area contributed by atoms with Crippen LogP contribution in [0, 0.1) is 11.6 Å². The molecule has 2 unspecified atom stereocenters. The van der Waals surface area contributed by atoms with Crippen molar-refractivity contribution in [1.29, 1.82) is 0 Å². The first-order chi connectivity index (χ1) is 7.54. The fraction of sp³-hybridized carbons (Fsp3) is 0.455. The molecule has 2 nitrogen and oxygen atoms in total. The Labute approximate surface area is 97.8 Å². The first kappa shape index (κ1) is 13.4. The molecule has 1 aromatic rings. The minimum atomic E-state index is -0.621. The molecule has 0 saturated heterocycles. The number of aliphatic hydroxyl groups excluding tert-OH is 1. The van der Waals surface area contributed by atoms with E-state index in [2.05, 4.69) is 0 Å². The van der Waals surface area contributed by atoms with E-state index in [0.717, 1.165) is 6.07 Å². The lowest BCUT2D eigenvalue weighted by atomic mass is 10.1. The maximum absolute atomic E-state index is 13.3. The Morgan fingerprint density at radius 3 is 2.69 bits per heavy atom. The van der Waals surface area contributed by atoms with Crippen molar-refractivity contribution in [2.24, 2.45) is 5.73 Å². The van der Waals surface area contributed by atoms with Gasteiger partial charge in [-0.1, -0.05) is 13.0 Å². The van der Waals surface area contributed by atoms with Gasteiger partial charge >= 0.3 is 0 Å². The summed E-state index contributed by atoms with van der Waals surface area (Å²) in [6.07, 6.45) is 0. The zero-order chi connectivity index (χ0) is 12.1. The highest BCUT2D eigenvalue weighted by Gasteiger charge is 2.13. The molecule has 0 heterocycles. The number of hydrogen-bond acceptors (Lipinski definition) is 3. The van der Waals surface area contributed by atoms with Crippen LogP contribution in [0.1, 0.15) is 18.5 Å². The number of aliphatic hydroxyl groups is 1. The lowest BCUT2D eigenvalue weighted by molar-refractivity contribution is 0.300. The summed E-state index contributed by atoms with van der Waals surface area (Å²) < 4.78 is 26.0. The summed E-state index contributed by atoms with van der Waals surface area (Å²) in [5, 5.41) is 8.89.